The van der Waals surface area contributed by atoms with E-state index in [0.717, 1.165) is 0 Å². The minimum atomic E-state index is -0.315. The molecule has 1 aromatic rings. The fourth-order valence-corrected chi connectivity index (χ4v) is 1.37. The predicted molar refractivity (Wildman–Crippen MR) is 65.1 cm³/mol. The fraction of sp³-hybridized carbons (Fsp3) is 0.200. The van der Waals surface area contributed by atoms with Crippen LogP contribution < -0.4 is 10.6 Å². The van der Waals surface area contributed by atoms with Gasteiger partial charge in [-0.1, -0.05) is 11.6 Å². The summed E-state index contributed by atoms with van der Waals surface area (Å²) in [6.45, 7) is 1.39. The minimum absolute atomic E-state index is 0.120. The quantitative estimate of drug-likeness (QED) is 0.821. The molecular formula is C10H10Cl2N2O2. The highest BCUT2D eigenvalue weighted by atomic mass is 35.5. The molecule has 16 heavy (non-hydrogen) atoms. The first kappa shape index (κ1) is 12.8. The van der Waals surface area contributed by atoms with E-state index >= 15 is 0 Å². The monoisotopic (exact) mass is 260 g/mol. The second kappa shape index (κ2) is 5.72. The smallest absolute Gasteiger partial charge is 0.239 e. The number of carbonyl (C=O) groups is 2. The summed E-state index contributed by atoms with van der Waals surface area (Å²) in [6, 6.07) is 4.77. The van der Waals surface area contributed by atoms with Crippen molar-refractivity contribution >= 4 is 46.4 Å². The Kier molecular flexibility index (Phi) is 4.58. The Bertz CT molecular complexity index is 421. The van der Waals surface area contributed by atoms with Gasteiger partial charge in [-0.2, -0.15) is 0 Å². The van der Waals surface area contributed by atoms with E-state index in [1.807, 2.05) is 0 Å². The third-order valence-electron chi connectivity index (χ3n) is 1.68. The number of halogens is 2. The van der Waals surface area contributed by atoms with E-state index in [9.17, 15) is 9.59 Å². The number of rotatable bonds is 3. The van der Waals surface area contributed by atoms with Crippen molar-refractivity contribution in [1.82, 2.24) is 0 Å². The Labute approximate surface area is 103 Å². The maximum atomic E-state index is 11.0. The van der Waals surface area contributed by atoms with Gasteiger partial charge in [-0.25, -0.2) is 0 Å². The van der Waals surface area contributed by atoms with E-state index < -0.39 is 0 Å². The van der Waals surface area contributed by atoms with Crippen LogP contribution in [0.1, 0.15) is 6.92 Å². The van der Waals surface area contributed by atoms with Crippen molar-refractivity contribution < 1.29 is 9.59 Å². The zero-order valence-corrected chi connectivity index (χ0v) is 10.0. The molecule has 0 saturated heterocycles. The third-order valence-corrected chi connectivity index (χ3v) is 2.24. The summed E-state index contributed by atoms with van der Waals surface area (Å²) in [4.78, 5) is 21.8. The van der Waals surface area contributed by atoms with Gasteiger partial charge in [-0.15, -0.1) is 11.6 Å². The fourth-order valence-electron chi connectivity index (χ4n) is 1.08. The van der Waals surface area contributed by atoms with Crippen LogP contribution >= 0.6 is 23.2 Å². The van der Waals surface area contributed by atoms with Crippen LogP contribution in [0.5, 0.6) is 0 Å². The van der Waals surface area contributed by atoms with Crippen LogP contribution in [0.3, 0.4) is 0 Å². The average Bonchev–Trinajstić information content (AvgIpc) is 2.21. The van der Waals surface area contributed by atoms with Crippen molar-refractivity contribution in [1.29, 1.82) is 0 Å². The van der Waals surface area contributed by atoms with Gasteiger partial charge in [0.05, 0.1) is 10.7 Å². The average molecular weight is 261 g/mol. The largest absolute Gasteiger partial charge is 0.325 e. The second-order valence-corrected chi connectivity index (χ2v) is 3.73. The van der Waals surface area contributed by atoms with E-state index in [0.29, 0.717) is 16.4 Å². The van der Waals surface area contributed by atoms with Crippen LogP contribution in [-0.4, -0.2) is 17.7 Å². The molecule has 0 fully saturated rings. The molecule has 0 radical (unpaired) electrons. The summed E-state index contributed by atoms with van der Waals surface area (Å²) in [5.74, 6) is -0.644. The SMILES string of the molecule is CC(=O)Nc1ccc(NC(=O)CCl)cc1Cl. The number of anilines is 2. The van der Waals surface area contributed by atoms with Crippen molar-refractivity contribution in [2.75, 3.05) is 16.5 Å². The lowest BCUT2D eigenvalue weighted by atomic mass is 10.2. The molecule has 6 heteroatoms. The summed E-state index contributed by atoms with van der Waals surface area (Å²) in [5, 5.41) is 5.45. The van der Waals surface area contributed by atoms with Crippen LogP contribution in [0.4, 0.5) is 11.4 Å². The molecule has 1 rings (SSSR count). The summed E-state index contributed by atoms with van der Waals surface area (Å²) < 4.78 is 0. The first-order valence-electron chi connectivity index (χ1n) is 4.46. The molecule has 2 N–H and O–H groups in total. The molecule has 0 aliphatic rings. The van der Waals surface area contributed by atoms with Gasteiger partial charge in [0.25, 0.3) is 0 Å². The molecular weight excluding hydrogens is 251 g/mol. The van der Waals surface area contributed by atoms with Crippen LogP contribution in [0.25, 0.3) is 0 Å². The third kappa shape index (κ3) is 3.72. The van der Waals surface area contributed by atoms with Crippen molar-refractivity contribution in [3.05, 3.63) is 23.2 Å². The molecule has 1 aromatic carbocycles. The molecule has 86 valence electrons. The number of nitrogens with one attached hydrogen (secondary N) is 2. The molecule has 0 spiro atoms. The van der Waals surface area contributed by atoms with E-state index in [1.165, 1.54) is 13.0 Å². The summed E-state index contributed by atoms with van der Waals surface area (Å²) in [5.41, 5.74) is 1.03. The number of benzene rings is 1. The maximum absolute atomic E-state index is 11.0. The number of hydrogen-bond acceptors (Lipinski definition) is 2. The molecule has 0 atom stereocenters. The van der Waals surface area contributed by atoms with Gasteiger partial charge in [0, 0.05) is 12.6 Å². The Morgan fingerprint density at radius 3 is 2.50 bits per heavy atom. The van der Waals surface area contributed by atoms with Crippen LogP contribution in [0, 0.1) is 0 Å². The summed E-state index contributed by atoms with van der Waals surface area (Å²) >= 11 is 11.2. The van der Waals surface area contributed by atoms with Gasteiger partial charge >= 0.3 is 0 Å². The molecule has 0 bridgehead atoms. The zero-order chi connectivity index (χ0) is 12.1. The number of hydrogen-bond donors (Lipinski definition) is 2. The van der Waals surface area contributed by atoms with Crippen molar-refractivity contribution in [2.45, 2.75) is 6.92 Å². The Balaban J connectivity index is 2.82. The normalized spacial score (nSPS) is 9.69. The second-order valence-electron chi connectivity index (χ2n) is 3.06. The maximum Gasteiger partial charge on any atom is 0.239 e. The van der Waals surface area contributed by atoms with Crippen LogP contribution in [-0.2, 0) is 9.59 Å². The Morgan fingerprint density at radius 1 is 1.31 bits per heavy atom. The van der Waals surface area contributed by atoms with E-state index in [1.54, 1.807) is 12.1 Å². The van der Waals surface area contributed by atoms with Gasteiger partial charge in [-0.05, 0) is 18.2 Å². The van der Waals surface area contributed by atoms with Gasteiger partial charge in [-0.3, -0.25) is 9.59 Å². The topological polar surface area (TPSA) is 58.2 Å². The summed E-state index contributed by atoms with van der Waals surface area (Å²) in [7, 11) is 0. The zero-order valence-electron chi connectivity index (χ0n) is 8.51. The minimum Gasteiger partial charge on any atom is -0.325 e. The standard InChI is InChI=1S/C10H10Cl2N2O2/c1-6(15)13-9-3-2-7(4-8(9)12)14-10(16)5-11/h2-4H,5H2,1H3,(H,13,15)(H,14,16). The highest BCUT2D eigenvalue weighted by molar-refractivity contribution is 6.34. The predicted octanol–water partition coefficient (Wildman–Crippen LogP) is 2.48. The van der Waals surface area contributed by atoms with Gasteiger partial charge in [0.1, 0.15) is 5.88 Å². The van der Waals surface area contributed by atoms with Crippen LogP contribution in [0.15, 0.2) is 18.2 Å². The molecule has 0 saturated carbocycles. The first-order valence-corrected chi connectivity index (χ1v) is 5.37. The number of alkyl halides is 1. The van der Waals surface area contributed by atoms with E-state index in [4.69, 9.17) is 23.2 Å². The Morgan fingerprint density at radius 2 is 2.00 bits per heavy atom. The lowest BCUT2D eigenvalue weighted by Crippen LogP contribution is -2.12. The van der Waals surface area contributed by atoms with Crippen LogP contribution in [0.2, 0.25) is 5.02 Å². The molecule has 0 aliphatic carbocycles. The lowest BCUT2D eigenvalue weighted by molar-refractivity contribution is -0.114. The molecule has 2 amide bonds. The molecule has 0 aromatic heterocycles. The van der Waals surface area contributed by atoms with E-state index in [-0.39, 0.29) is 17.7 Å². The van der Waals surface area contributed by atoms with E-state index in [2.05, 4.69) is 10.6 Å². The number of amides is 2. The Hall–Kier alpha value is -1.26. The molecule has 4 nitrogen and oxygen atoms in total. The highest BCUT2D eigenvalue weighted by Gasteiger charge is 2.05. The van der Waals surface area contributed by atoms with Crippen molar-refractivity contribution in [2.24, 2.45) is 0 Å². The van der Waals surface area contributed by atoms with Crippen molar-refractivity contribution in [3.8, 4) is 0 Å². The molecule has 0 heterocycles. The first-order chi connectivity index (χ1) is 7.52. The van der Waals surface area contributed by atoms with Gasteiger partial charge in [0.15, 0.2) is 0 Å². The highest BCUT2D eigenvalue weighted by Crippen LogP contribution is 2.25. The number of carbonyl (C=O) groups excluding carboxylic acids is 2. The summed E-state index contributed by atoms with van der Waals surface area (Å²) in [6.07, 6.45) is 0. The lowest BCUT2D eigenvalue weighted by Gasteiger charge is -2.08. The van der Waals surface area contributed by atoms with Gasteiger partial charge < -0.3 is 10.6 Å². The van der Waals surface area contributed by atoms with Gasteiger partial charge in [0.2, 0.25) is 11.8 Å². The molecule has 0 unspecified atom stereocenters. The molecule has 0 aliphatic heterocycles. The van der Waals surface area contributed by atoms with Crippen molar-refractivity contribution in [3.63, 3.8) is 0 Å².